The van der Waals surface area contributed by atoms with Crippen LogP contribution in [0.1, 0.15) is 29.8 Å². The molecule has 0 radical (unpaired) electrons. The van der Waals surface area contributed by atoms with Crippen molar-refractivity contribution in [1.82, 2.24) is 15.8 Å². The van der Waals surface area contributed by atoms with Crippen molar-refractivity contribution in [2.45, 2.75) is 26.6 Å². The number of benzene rings is 2. The van der Waals surface area contributed by atoms with E-state index >= 15 is 0 Å². The zero-order chi connectivity index (χ0) is 19.6. The molecular weight excluding hydrogens is 352 g/mol. The van der Waals surface area contributed by atoms with Gasteiger partial charge in [0.1, 0.15) is 17.8 Å². The average molecular weight is 371 g/mol. The van der Waals surface area contributed by atoms with Crippen molar-refractivity contribution >= 4 is 11.8 Å². The third-order valence-electron chi connectivity index (χ3n) is 4.59. The molecule has 1 atom stereocenters. The molecule has 1 unspecified atom stereocenters. The number of halogens is 2. The van der Waals surface area contributed by atoms with E-state index in [-0.39, 0.29) is 23.8 Å². The number of nitrogens with zero attached hydrogens (tertiary/aromatic N) is 1. The Morgan fingerprint density at radius 2 is 1.56 bits per heavy atom. The summed E-state index contributed by atoms with van der Waals surface area (Å²) in [5.41, 5.74) is 7.85. The summed E-state index contributed by atoms with van der Waals surface area (Å²) in [5.74, 6) is -1.38. The van der Waals surface area contributed by atoms with E-state index in [0.717, 1.165) is 11.1 Å². The highest BCUT2D eigenvalue weighted by molar-refractivity contribution is 5.97. The molecule has 5 nitrogen and oxygen atoms in total. The van der Waals surface area contributed by atoms with Crippen LogP contribution in [0.15, 0.2) is 59.7 Å². The lowest BCUT2D eigenvalue weighted by molar-refractivity contribution is -0.128. The number of carbonyl (C=O) groups excluding carboxylic acids is 2. The number of hydrazine groups is 1. The van der Waals surface area contributed by atoms with E-state index in [1.165, 1.54) is 36.4 Å². The Hall–Kier alpha value is -3.06. The largest absolute Gasteiger partial charge is 0.314 e. The minimum absolute atomic E-state index is 0.162. The van der Waals surface area contributed by atoms with Crippen molar-refractivity contribution in [2.75, 3.05) is 0 Å². The van der Waals surface area contributed by atoms with Gasteiger partial charge in [-0.1, -0.05) is 12.1 Å². The lowest BCUT2D eigenvalue weighted by Gasteiger charge is -2.27. The first-order valence-corrected chi connectivity index (χ1v) is 8.41. The van der Waals surface area contributed by atoms with E-state index in [9.17, 15) is 18.4 Å². The first-order chi connectivity index (χ1) is 12.9. The molecule has 1 aliphatic heterocycles. The van der Waals surface area contributed by atoms with Crippen molar-refractivity contribution in [1.29, 1.82) is 0 Å². The monoisotopic (exact) mass is 371 g/mol. The summed E-state index contributed by atoms with van der Waals surface area (Å²) in [6.07, 6.45) is -0.535. The maximum atomic E-state index is 13.1. The summed E-state index contributed by atoms with van der Waals surface area (Å²) in [6, 6.07) is 11.0. The van der Waals surface area contributed by atoms with Crippen LogP contribution < -0.4 is 10.9 Å². The van der Waals surface area contributed by atoms with E-state index in [1.807, 2.05) is 0 Å². The smallest absolute Gasteiger partial charge is 0.265 e. The second kappa shape index (κ2) is 7.67. The van der Waals surface area contributed by atoms with Crippen LogP contribution in [0.4, 0.5) is 8.78 Å². The first kappa shape index (κ1) is 18.7. The molecule has 3 rings (SSSR count). The quantitative estimate of drug-likeness (QED) is 0.795. The molecule has 140 valence electrons. The summed E-state index contributed by atoms with van der Waals surface area (Å²) in [5, 5.41) is 0. The molecule has 2 N–H and O–H groups in total. The molecule has 0 bridgehead atoms. The number of hydrogen-bond acceptors (Lipinski definition) is 3. The molecule has 2 aromatic carbocycles. The van der Waals surface area contributed by atoms with Gasteiger partial charge < -0.3 is 4.90 Å². The van der Waals surface area contributed by atoms with Crippen LogP contribution in [-0.2, 0) is 11.3 Å². The summed E-state index contributed by atoms with van der Waals surface area (Å²) in [7, 11) is 0. The standard InChI is InChI=1S/C20H19F2N3O2/c1-12-13(2)20(27)25(11-14-3-7-16(21)8-4-14)18(12)23-24-19(26)15-5-9-17(22)10-6-15/h3-10,18,23H,11H2,1-2H3,(H,24,26). The van der Waals surface area contributed by atoms with Gasteiger partial charge >= 0.3 is 0 Å². The van der Waals surface area contributed by atoms with Gasteiger partial charge in [-0.3, -0.25) is 15.0 Å². The molecule has 2 aromatic rings. The molecule has 0 aliphatic carbocycles. The Labute approximate surface area is 155 Å². The summed E-state index contributed by atoms with van der Waals surface area (Å²) in [6.45, 7) is 3.79. The summed E-state index contributed by atoms with van der Waals surface area (Å²) >= 11 is 0. The molecule has 2 amide bonds. The van der Waals surface area contributed by atoms with E-state index < -0.39 is 17.9 Å². The first-order valence-electron chi connectivity index (χ1n) is 8.41. The number of carbonyl (C=O) groups is 2. The van der Waals surface area contributed by atoms with Gasteiger partial charge in [0.2, 0.25) is 0 Å². The fraction of sp³-hybridized carbons (Fsp3) is 0.200. The van der Waals surface area contributed by atoms with Crippen molar-refractivity contribution in [3.05, 3.63) is 82.4 Å². The van der Waals surface area contributed by atoms with Gasteiger partial charge in [0.05, 0.1) is 0 Å². The lowest BCUT2D eigenvalue weighted by atomic mass is 10.2. The number of rotatable bonds is 5. The van der Waals surface area contributed by atoms with Gasteiger partial charge in [-0.05, 0) is 61.4 Å². The fourth-order valence-corrected chi connectivity index (χ4v) is 2.88. The third kappa shape index (κ3) is 4.03. The predicted octanol–water partition coefficient (Wildman–Crippen LogP) is 2.90. The summed E-state index contributed by atoms with van der Waals surface area (Å²) in [4.78, 5) is 26.3. The van der Waals surface area contributed by atoms with Crippen LogP contribution in [0.5, 0.6) is 0 Å². The molecule has 0 aromatic heterocycles. The number of amides is 2. The van der Waals surface area contributed by atoms with Gasteiger partial charge in [-0.25, -0.2) is 14.2 Å². The molecular formula is C20H19F2N3O2. The number of hydrogen-bond donors (Lipinski definition) is 2. The zero-order valence-corrected chi connectivity index (χ0v) is 14.9. The second-order valence-corrected chi connectivity index (χ2v) is 6.38. The molecule has 1 aliphatic rings. The van der Waals surface area contributed by atoms with Crippen LogP contribution in [0, 0.1) is 11.6 Å². The van der Waals surface area contributed by atoms with Gasteiger partial charge in [-0.2, -0.15) is 0 Å². The maximum absolute atomic E-state index is 13.1. The second-order valence-electron chi connectivity index (χ2n) is 6.38. The highest BCUT2D eigenvalue weighted by atomic mass is 19.1. The van der Waals surface area contributed by atoms with Crippen molar-refractivity contribution < 1.29 is 18.4 Å². The van der Waals surface area contributed by atoms with Crippen LogP contribution >= 0.6 is 0 Å². The molecule has 0 spiro atoms. The van der Waals surface area contributed by atoms with Gasteiger partial charge in [-0.15, -0.1) is 0 Å². The van der Waals surface area contributed by atoms with E-state index in [0.29, 0.717) is 5.57 Å². The Bertz CT molecular complexity index is 892. The van der Waals surface area contributed by atoms with Crippen LogP contribution in [-0.4, -0.2) is 22.9 Å². The Morgan fingerprint density at radius 3 is 2.15 bits per heavy atom. The Balaban J connectivity index is 1.72. The van der Waals surface area contributed by atoms with Gasteiger partial charge in [0, 0.05) is 17.7 Å². The minimum Gasteiger partial charge on any atom is -0.314 e. The van der Waals surface area contributed by atoms with Crippen molar-refractivity contribution in [2.24, 2.45) is 0 Å². The van der Waals surface area contributed by atoms with Crippen LogP contribution in [0.25, 0.3) is 0 Å². The molecule has 1 heterocycles. The van der Waals surface area contributed by atoms with E-state index in [1.54, 1.807) is 30.9 Å². The fourth-order valence-electron chi connectivity index (χ4n) is 2.88. The highest BCUT2D eigenvalue weighted by Gasteiger charge is 2.34. The molecule has 0 saturated carbocycles. The minimum atomic E-state index is -0.535. The third-order valence-corrected chi connectivity index (χ3v) is 4.59. The Morgan fingerprint density at radius 1 is 1.00 bits per heavy atom. The Kier molecular flexibility index (Phi) is 5.32. The van der Waals surface area contributed by atoms with Gasteiger partial charge in [0.15, 0.2) is 0 Å². The molecule has 7 heteroatoms. The highest BCUT2D eigenvalue weighted by Crippen LogP contribution is 2.25. The predicted molar refractivity (Wildman–Crippen MR) is 96.1 cm³/mol. The maximum Gasteiger partial charge on any atom is 0.265 e. The normalized spacial score (nSPS) is 16.8. The zero-order valence-electron chi connectivity index (χ0n) is 14.9. The topological polar surface area (TPSA) is 61.4 Å². The lowest BCUT2D eigenvalue weighted by Crippen LogP contribution is -2.52. The SMILES string of the molecule is CC1=C(C)C(NNC(=O)c2ccc(F)cc2)N(Cc2ccc(F)cc2)C1=O. The van der Waals surface area contributed by atoms with Crippen LogP contribution in [0.2, 0.25) is 0 Å². The molecule has 0 fully saturated rings. The van der Waals surface area contributed by atoms with E-state index in [2.05, 4.69) is 10.9 Å². The van der Waals surface area contributed by atoms with Gasteiger partial charge in [0.25, 0.3) is 11.8 Å². The molecule has 0 saturated heterocycles. The average Bonchev–Trinajstić information content (AvgIpc) is 2.86. The van der Waals surface area contributed by atoms with E-state index in [4.69, 9.17) is 0 Å². The molecule has 27 heavy (non-hydrogen) atoms. The van der Waals surface area contributed by atoms with Crippen molar-refractivity contribution in [3.63, 3.8) is 0 Å². The number of nitrogens with one attached hydrogen (secondary N) is 2. The summed E-state index contributed by atoms with van der Waals surface area (Å²) < 4.78 is 26.1. The van der Waals surface area contributed by atoms with Crippen molar-refractivity contribution in [3.8, 4) is 0 Å². The van der Waals surface area contributed by atoms with Crippen LogP contribution in [0.3, 0.4) is 0 Å².